The lowest BCUT2D eigenvalue weighted by Gasteiger charge is -2.08. The van der Waals surface area contributed by atoms with Gasteiger partial charge in [0.05, 0.1) is 13.0 Å². The lowest BCUT2D eigenvalue weighted by Crippen LogP contribution is -2.25. The highest BCUT2D eigenvalue weighted by Gasteiger charge is 2.05. The molecule has 1 heterocycles. The second kappa shape index (κ2) is 5.74. The molecule has 3 heteroatoms. The zero-order chi connectivity index (χ0) is 13.8. The van der Waals surface area contributed by atoms with E-state index in [4.69, 9.17) is 0 Å². The fourth-order valence-electron chi connectivity index (χ4n) is 1.99. The number of nitrogens with one attached hydrogen (secondary N) is 1. The molecule has 100 valence electrons. The molecule has 0 aliphatic heterocycles. The molecule has 0 radical (unpaired) electrons. The monoisotopic (exact) mass is 256 g/mol. The Balaban J connectivity index is 1.88. The minimum absolute atomic E-state index is 0.0581. The van der Waals surface area contributed by atoms with Crippen molar-refractivity contribution in [1.82, 2.24) is 9.88 Å². The molecule has 1 aromatic heterocycles. The number of carbonyl (C=O) groups excluding carboxylic acids is 1. The molecule has 0 aliphatic carbocycles. The van der Waals surface area contributed by atoms with Gasteiger partial charge >= 0.3 is 0 Å². The Morgan fingerprint density at radius 2 is 1.79 bits per heavy atom. The summed E-state index contributed by atoms with van der Waals surface area (Å²) < 4.78 is 2.09. The summed E-state index contributed by atoms with van der Waals surface area (Å²) in [7, 11) is 2.01. The van der Waals surface area contributed by atoms with Crippen LogP contribution in [-0.2, 0) is 24.8 Å². The Kier molecular flexibility index (Phi) is 4.05. The van der Waals surface area contributed by atoms with Crippen LogP contribution in [0.3, 0.4) is 0 Å². The smallest absolute Gasteiger partial charge is 0.224 e. The van der Waals surface area contributed by atoms with E-state index in [-0.39, 0.29) is 5.91 Å². The molecule has 0 atom stereocenters. The lowest BCUT2D eigenvalue weighted by molar-refractivity contribution is -0.120. The van der Waals surface area contributed by atoms with Crippen LogP contribution in [0.15, 0.2) is 36.4 Å². The first kappa shape index (κ1) is 13.4. The Bertz CT molecular complexity index is 567. The van der Waals surface area contributed by atoms with Gasteiger partial charge in [-0.3, -0.25) is 4.79 Å². The minimum atomic E-state index is 0.0581. The summed E-state index contributed by atoms with van der Waals surface area (Å²) >= 11 is 0. The zero-order valence-corrected chi connectivity index (χ0v) is 11.7. The average molecular weight is 256 g/mol. The van der Waals surface area contributed by atoms with Crippen molar-refractivity contribution in [1.29, 1.82) is 0 Å². The predicted octanol–water partition coefficient (Wildman–Crippen LogP) is 2.50. The fourth-order valence-corrected chi connectivity index (χ4v) is 1.99. The molecule has 0 fully saturated rings. The number of aryl methyl sites for hydroxylation is 2. The summed E-state index contributed by atoms with van der Waals surface area (Å²) in [4.78, 5) is 11.9. The summed E-state index contributed by atoms with van der Waals surface area (Å²) in [6.45, 7) is 4.67. The molecule has 0 spiro atoms. The van der Waals surface area contributed by atoms with E-state index in [9.17, 15) is 4.79 Å². The topological polar surface area (TPSA) is 34.0 Å². The maximum absolute atomic E-state index is 11.9. The van der Waals surface area contributed by atoms with Crippen LogP contribution in [0, 0.1) is 13.8 Å². The maximum atomic E-state index is 11.9. The van der Waals surface area contributed by atoms with Gasteiger partial charge in [-0.2, -0.15) is 0 Å². The van der Waals surface area contributed by atoms with Crippen LogP contribution in [0.5, 0.6) is 0 Å². The van der Waals surface area contributed by atoms with Crippen LogP contribution in [0.25, 0.3) is 0 Å². The number of benzene rings is 1. The van der Waals surface area contributed by atoms with E-state index in [1.165, 1.54) is 11.3 Å². The molecule has 0 saturated carbocycles. The van der Waals surface area contributed by atoms with E-state index in [2.05, 4.69) is 22.9 Å². The van der Waals surface area contributed by atoms with E-state index in [0.29, 0.717) is 13.0 Å². The summed E-state index contributed by atoms with van der Waals surface area (Å²) in [6.07, 6.45) is 0.434. The van der Waals surface area contributed by atoms with Crippen LogP contribution < -0.4 is 5.32 Å². The SMILES string of the molecule is Cc1ccc(CC(=O)NCc2ccc(C)n2C)cc1. The van der Waals surface area contributed by atoms with Crippen LogP contribution >= 0.6 is 0 Å². The van der Waals surface area contributed by atoms with E-state index < -0.39 is 0 Å². The molecule has 1 aromatic carbocycles. The molecule has 1 N–H and O–H groups in total. The highest BCUT2D eigenvalue weighted by molar-refractivity contribution is 5.78. The van der Waals surface area contributed by atoms with E-state index in [0.717, 1.165) is 11.3 Å². The van der Waals surface area contributed by atoms with Crippen molar-refractivity contribution in [3.05, 3.63) is 58.9 Å². The van der Waals surface area contributed by atoms with Gasteiger partial charge in [0, 0.05) is 18.4 Å². The largest absolute Gasteiger partial charge is 0.350 e. The Morgan fingerprint density at radius 3 is 2.37 bits per heavy atom. The van der Waals surface area contributed by atoms with Crippen LogP contribution in [0.4, 0.5) is 0 Å². The second-order valence-corrected chi connectivity index (χ2v) is 4.96. The van der Waals surface area contributed by atoms with E-state index in [1.807, 2.05) is 44.3 Å². The van der Waals surface area contributed by atoms with Gasteiger partial charge in [0.1, 0.15) is 0 Å². The molecule has 19 heavy (non-hydrogen) atoms. The third-order valence-electron chi connectivity index (χ3n) is 3.43. The molecular weight excluding hydrogens is 236 g/mol. The van der Waals surface area contributed by atoms with Gasteiger partial charge in [0.15, 0.2) is 0 Å². The maximum Gasteiger partial charge on any atom is 0.224 e. The Hall–Kier alpha value is -2.03. The fraction of sp³-hybridized carbons (Fsp3) is 0.312. The number of carbonyl (C=O) groups is 1. The summed E-state index contributed by atoms with van der Waals surface area (Å²) in [5.41, 5.74) is 4.58. The van der Waals surface area contributed by atoms with Gasteiger partial charge in [0.2, 0.25) is 5.91 Å². The van der Waals surface area contributed by atoms with Gasteiger partial charge in [-0.1, -0.05) is 29.8 Å². The molecule has 3 nitrogen and oxygen atoms in total. The third kappa shape index (κ3) is 3.47. The molecule has 2 aromatic rings. The Labute approximate surface area is 114 Å². The van der Waals surface area contributed by atoms with Crippen LogP contribution in [-0.4, -0.2) is 10.5 Å². The van der Waals surface area contributed by atoms with Crippen molar-refractivity contribution in [3.63, 3.8) is 0 Å². The summed E-state index contributed by atoms with van der Waals surface area (Å²) in [6, 6.07) is 12.2. The van der Waals surface area contributed by atoms with Gasteiger partial charge in [-0.25, -0.2) is 0 Å². The number of amides is 1. The molecule has 0 unspecified atom stereocenters. The van der Waals surface area contributed by atoms with Crippen molar-refractivity contribution >= 4 is 5.91 Å². The highest BCUT2D eigenvalue weighted by Crippen LogP contribution is 2.06. The van der Waals surface area contributed by atoms with E-state index in [1.54, 1.807) is 0 Å². The van der Waals surface area contributed by atoms with Gasteiger partial charge < -0.3 is 9.88 Å². The lowest BCUT2D eigenvalue weighted by atomic mass is 10.1. The minimum Gasteiger partial charge on any atom is -0.350 e. The zero-order valence-electron chi connectivity index (χ0n) is 11.7. The van der Waals surface area contributed by atoms with Crippen molar-refractivity contribution in [2.24, 2.45) is 7.05 Å². The molecule has 1 amide bonds. The predicted molar refractivity (Wildman–Crippen MR) is 76.9 cm³/mol. The number of nitrogens with zero attached hydrogens (tertiary/aromatic N) is 1. The number of hydrogen-bond acceptors (Lipinski definition) is 1. The molecule has 0 aliphatic rings. The normalized spacial score (nSPS) is 10.5. The summed E-state index contributed by atoms with van der Waals surface area (Å²) in [5, 5.41) is 2.96. The van der Waals surface area contributed by atoms with Crippen molar-refractivity contribution < 1.29 is 4.79 Å². The standard InChI is InChI=1S/C16H20N2O/c1-12-4-7-14(8-5-12)10-16(19)17-11-15-9-6-13(2)18(15)3/h4-9H,10-11H2,1-3H3,(H,17,19). The van der Waals surface area contributed by atoms with Gasteiger partial charge in [-0.15, -0.1) is 0 Å². The van der Waals surface area contributed by atoms with Crippen molar-refractivity contribution in [2.45, 2.75) is 26.8 Å². The number of aromatic nitrogens is 1. The second-order valence-electron chi connectivity index (χ2n) is 4.96. The van der Waals surface area contributed by atoms with E-state index >= 15 is 0 Å². The molecule has 2 rings (SSSR count). The first-order valence-electron chi connectivity index (χ1n) is 6.49. The molecule has 0 bridgehead atoms. The van der Waals surface area contributed by atoms with Crippen LogP contribution in [0.2, 0.25) is 0 Å². The summed E-state index contributed by atoms with van der Waals surface area (Å²) in [5.74, 6) is 0.0581. The Morgan fingerprint density at radius 1 is 1.11 bits per heavy atom. The quantitative estimate of drug-likeness (QED) is 0.896. The molecule has 0 saturated heterocycles. The van der Waals surface area contributed by atoms with Gasteiger partial charge in [-0.05, 0) is 31.5 Å². The highest BCUT2D eigenvalue weighted by atomic mass is 16.1. The number of rotatable bonds is 4. The third-order valence-corrected chi connectivity index (χ3v) is 3.43. The van der Waals surface area contributed by atoms with Gasteiger partial charge in [0.25, 0.3) is 0 Å². The van der Waals surface area contributed by atoms with Crippen molar-refractivity contribution in [3.8, 4) is 0 Å². The molecular formula is C16H20N2O. The van der Waals surface area contributed by atoms with Crippen molar-refractivity contribution in [2.75, 3.05) is 0 Å². The average Bonchev–Trinajstić information content (AvgIpc) is 2.70. The van der Waals surface area contributed by atoms with Crippen LogP contribution in [0.1, 0.15) is 22.5 Å². The number of hydrogen-bond donors (Lipinski definition) is 1. The first-order chi connectivity index (χ1) is 9.06. The first-order valence-corrected chi connectivity index (χ1v) is 6.49.